The number of hydrogen-bond donors (Lipinski definition) is 1. The van der Waals surface area contributed by atoms with E-state index in [-0.39, 0.29) is 28.3 Å². The number of para-hydroxylation sites is 1. The number of anilines is 1. The van der Waals surface area contributed by atoms with Crippen LogP contribution in [0.3, 0.4) is 0 Å². The first-order chi connectivity index (χ1) is 17.0. The molecule has 0 radical (unpaired) electrons. The lowest BCUT2D eigenvalue weighted by atomic mass is 9.98. The minimum absolute atomic E-state index is 0.0192. The average molecular weight is 533 g/mol. The summed E-state index contributed by atoms with van der Waals surface area (Å²) in [6.07, 6.45) is 0.0192. The summed E-state index contributed by atoms with van der Waals surface area (Å²) in [5.74, 6) is -0.719. The van der Waals surface area contributed by atoms with Crippen molar-refractivity contribution in [1.29, 1.82) is 0 Å². The molecule has 1 atom stereocenters. The molecule has 1 aliphatic rings. The maximum atomic E-state index is 13.5. The Balaban J connectivity index is 1.77. The number of nitro groups is 1. The van der Waals surface area contributed by atoms with Gasteiger partial charge in [-0.15, -0.1) is 0 Å². The molecule has 36 heavy (non-hydrogen) atoms. The molecule has 1 heterocycles. The standard InChI is InChI=1S/C23H21FN4O6S2/c1-2-35(31,32)26-18-11-7-16(8-12-18)21-15-23(20-5-3-4-6-22(20)28(29)30)27(25-21)36(33,34)19-13-9-17(24)10-14-19/h3-14,23,26H,2,15H2,1H3/t23-/m0/s1. The molecule has 0 bridgehead atoms. The quantitative estimate of drug-likeness (QED) is 0.343. The van der Waals surface area contributed by atoms with Crippen molar-refractivity contribution in [3.63, 3.8) is 0 Å². The molecule has 3 aromatic rings. The van der Waals surface area contributed by atoms with Crippen molar-refractivity contribution in [3.8, 4) is 0 Å². The van der Waals surface area contributed by atoms with Crippen molar-refractivity contribution in [2.75, 3.05) is 10.5 Å². The molecular formula is C23H21FN4O6S2. The third-order valence-corrected chi connectivity index (χ3v) is 8.60. The van der Waals surface area contributed by atoms with Crippen molar-refractivity contribution in [1.82, 2.24) is 4.41 Å². The lowest BCUT2D eigenvalue weighted by molar-refractivity contribution is -0.385. The Hall–Kier alpha value is -3.84. The van der Waals surface area contributed by atoms with Crippen molar-refractivity contribution >= 4 is 37.1 Å². The van der Waals surface area contributed by atoms with Crippen molar-refractivity contribution in [2.45, 2.75) is 24.3 Å². The number of rotatable bonds is 8. The summed E-state index contributed by atoms with van der Waals surface area (Å²) in [6, 6.07) is 15.2. The van der Waals surface area contributed by atoms with Gasteiger partial charge in [0.25, 0.3) is 15.7 Å². The number of benzene rings is 3. The normalized spacial score (nSPS) is 16.0. The Morgan fingerprint density at radius 2 is 1.67 bits per heavy atom. The SMILES string of the molecule is CCS(=O)(=O)Nc1ccc(C2=NN(S(=O)(=O)c3ccc(F)cc3)[C@H](c3ccccc3[N+](=O)[O-])C2)cc1. The predicted octanol–water partition coefficient (Wildman–Crippen LogP) is 4.04. The zero-order chi connectivity index (χ0) is 26.1. The summed E-state index contributed by atoms with van der Waals surface area (Å²) in [5.41, 5.74) is 1.05. The van der Waals surface area contributed by atoms with E-state index >= 15 is 0 Å². The fraction of sp³-hybridized carbons (Fsp3) is 0.174. The lowest BCUT2D eigenvalue weighted by Gasteiger charge is -2.23. The third-order valence-electron chi connectivity index (χ3n) is 5.59. The van der Waals surface area contributed by atoms with Gasteiger partial charge in [0.15, 0.2) is 0 Å². The summed E-state index contributed by atoms with van der Waals surface area (Å²) in [5, 5.41) is 16.0. The Kier molecular flexibility index (Phi) is 6.78. The Morgan fingerprint density at radius 3 is 2.28 bits per heavy atom. The molecule has 4 rings (SSSR count). The molecular weight excluding hydrogens is 511 g/mol. The average Bonchev–Trinajstić information content (AvgIpc) is 3.31. The minimum Gasteiger partial charge on any atom is -0.284 e. The van der Waals surface area contributed by atoms with Crippen LogP contribution in [0.25, 0.3) is 0 Å². The molecule has 0 saturated carbocycles. The second-order valence-electron chi connectivity index (χ2n) is 7.90. The molecule has 1 N–H and O–H groups in total. The molecule has 3 aromatic carbocycles. The second-order valence-corrected chi connectivity index (χ2v) is 11.7. The molecule has 0 spiro atoms. The maximum absolute atomic E-state index is 13.5. The fourth-order valence-electron chi connectivity index (χ4n) is 3.75. The predicted molar refractivity (Wildman–Crippen MR) is 132 cm³/mol. The van der Waals surface area contributed by atoms with E-state index in [1.807, 2.05) is 0 Å². The van der Waals surface area contributed by atoms with Crippen LogP contribution in [0.5, 0.6) is 0 Å². The van der Waals surface area contributed by atoms with E-state index in [1.165, 1.54) is 37.3 Å². The molecule has 13 heteroatoms. The van der Waals surface area contributed by atoms with Crippen LogP contribution in [-0.4, -0.2) is 37.6 Å². The fourth-order valence-corrected chi connectivity index (χ4v) is 5.81. The van der Waals surface area contributed by atoms with Crippen LogP contribution in [0.4, 0.5) is 15.8 Å². The van der Waals surface area contributed by atoms with E-state index < -0.39 is 36.8 Å². The van der Waals surface area contributed by atoms with Gasteiger partial charge in [-0.1, -0.05) is 24.3 Å². The first-order valence-electron chi connectivity index (χ1n) is 10.7. The summed E-state index contributed by atoms with van der Waals surface area (Å²) < 4.78 is 67.3. The zero-order valence-corrected chi connectivity index (χ0v) is 20.5. The lowest BCUT2D eigenvalue weighted by Crippen LogP contribution is -2.27. The van der Waals surface area contributed by atoms with Crippen LogP contribution in [0.1, 0.15) is 30.5 Å². The van der Waals surface area contributed by atoms with Gasteiger partial charge in [0.2, 0.25) is 10.0 Å². The Bertz CT molecular complexity index is 1540. The Morgan fingerprint density at radius 1 is 1.03 bits per heavy atom. The van der Waals surface area contributed by atoms with Gasteiger partial charge < -0.3 is 0 Å². The van der Waals surface area contributed by atoms with Crippen molar-refractivity contribution in [3.05, 3.63) is 99.9 Å². The first kappa shape index (κ1) is 25.3. The number of nitrogens with zero attached hydrogens (tertiary/aromatic N) is 3. The highest BCUT2D eigenvalue weighted by Crippen LogP contribution is 2.40. The smallest absolute Gasteiger partial charge is 0.279 e. The molecule has 0 saturated heterocycles. The van der Waals surface area contributed by atoms with E-state index in [9.17, 15) is 31.3 Å². The first-order valence-corrected chi connectivity index (χ1v) is 13.8. The molecule has 0 aliphatic carbocycles. The van der Waals surface area contributed by atoms with Gasteiger partial charge in [-0.05, 0) is 55.0 Å². The van der Waals surface area contributed by atoms with E-state index in [0.29, 0.717) is 17.0 Å². The van der Waals surface area contributed by atoms with Crippen LogP contribution in [0.2, 0.25) is 0 Å². The summed E-state index contributed by atoms with van der Waals surface area (Å²) >= 11 is 0. The monoisotopic (exact) mass is 532 g/mol. The number of nitrogens with one attached hydrogen (secondary N) is 1. The van der Waals surface area contributed by atoms with E-state index in [1.54, 1.807) is 18.2 Å². The van der Waals surface area contributed by atoms with Crippen LogP contribution in [-0.2, 0) is 20.0 Å². The number of nitro benzene ring substituents is 1. The molecule has 0 aromatic heterocycles. The second kappa shape index (κ2) is 9.66. The molecule has 0 amide bonds. The summed E-state index contributed by atoms with van der Waals surface area (Å²) in [7, 11) is -7.79. The zero-order valence-electron chi connectivity index (χ0n) is 18.9. The highest BCUT2D eigenvalue weighted by molar-refractivity contribution is 7.92. The molecule has 188 valence electrons. The van der Waals surface area contributed by atoms with Crippen LogP contribution in [0.15, 0.2) is 82.8 Å². The van der Waals surface area contributed by atoms with Gasteiger partial charge in [0, 0.05) is 18.2 Å². The van der Waals surface area contributed by atoms with Gasteiger partial charge in [0.05, 0.1) is 26.8 Å². The van der Waals surface area contributed by atoms with Crippen molar-refractivity contribution in [2.24, 2.45) is 5.10 Å². The van der Waals surface area contributed by atoms with Crippen molar-refractivity contribution < 1.29 is 26.1 Å². The van der Waals surface area contributed by atoms with Gasteiger partial charge in [-0.25, -0.2) is 12.8 Å². The number of hydrazone groups is 1. The summed E-state index contributed by atoms with van der Waals surface area (Å²) in [6.45, 7) is 1.50. The molecule has 0 unspecified atom stereocenters. The van der Waals surface area contributed by atoms with E-state index in [4.69, 9.17) is 0 Å². The minimum atomic E-state index is -4.31. The van der Waals surface area contributed by atoms with Crippen LogP contribution >= 0.6 is 0 Å². The maximum Gasteiger partial charge on any atom is 0.279 e. The van der Waals surface area contributed by atoms with Crippen LogP contribution < -0.4 is 4.72 Å². The largest absolute Gasteiger partial charge is 0.284 e. The number of halogens is 1. The molecule has 1 aliphatic heterocycles. The van der Waals surface area contributed by atoms with Crippen LogP contribution in [0, 0.1) is 15.9 Å². The third kappa shape index (κ3) is 5.06. The van der Waals surface area contributed by atoms with Gasteiger partial charge in [0.1, 0.15) is 11.9 Å². The molecule has 10 nitrogen and oxygen atoms in total. The summed E-state index contributed by atoms with van der Waals surface area (Å²) in [4.78, 5) is 10.9. The highest BCUT2D eigenvalue weighted by atomic mass is 32.2. The van der Waals surface area contributed by atoms with E-state index in [2.05, 4.69) is 9.82 Å². The van der Waals surface area contributed by atoms with Gasteiger partial charge in [-0.2, -0.15) is 17.9 Å². The topological polar surface area (TPSA) is 139 Å². The van der Waals surface area contributed by atoms with Gasteiger partial charge in [-0.3, -0.25) is 14.8 Å². The highest BCUT2D eigenvalue weighted by Gasteiger charge is 2.40. The molecule has 0 fully saturated rings. The van der Waals surface area contributed by atoms with E-state index in [0.717, 1.165) is 28.7 Å². The van der Waals surface area contributed by atoms with Gasteiger partial charge >= 0.3 is 0 Å². The Labute approximate surface area is 207 Å². The number of hydrogen-bond acceptors (Lipinski definition) is 7. The number of sulfonamides is 2.